The molecule has 6 heteroatoms. The number of nitrogens with one attached hydrogen (secondary N) is 1. The lowest BCUT2D eigenvalue weighted by molar-refractivity contribution is 0.601. The van der Waals surface area contributed by atoms with E-state index in [1.165, 1.54) is 6.07 Å². The van der Waals surface area contributed by atoms with Crippen LogP contribution < -0.4 is 4.72 Å². The van der Waals surface area contributed by atoms with E-state index in [4.69, 9.17) is 4.42 Å². The number of hydrogen-bond donors (Lipinski definition) is 1. The van der Waals surface area contributed by atoms with Gasteiger partial charge in [0.25, 0.3) is 10.0 Å². The van der Waals surface area contributed by atoms with E-state index in [0.717, 1.165) is 5.52 Å². The first-order valence-corrected chi connectivity index (χ1v) is 9.14. The molecule has 0 bridgehead atoms. The van der Waals surface area contributed by atoms with Gasteiger partial charge in [0.2, 0.25) is 5.89 Å². The maximum Gasteiger partial charge on any atom is 0.261 e. The maximum atomic E-state index is 12.6. The van der Waals surface area contributed by atoms with Gasteiger partial charge in [-0.25, -0.2) is 13.4 Å². The predicted octanol–water partition coefficient (Wildman–Crippen LogP) is 4.30. The van der Waals surface area contributed by atoms with Crippen molar-refractivity contribution in [3.05, 3.63) is 78.9 Å². The van der Waals surface area contributed by atoms with E-state index in [1.54, 1.807) is 42.5 Å². The SMILES string of the molecule is O=S(=O)(Nc1ccccc1)c1cccc(-c2nc3ccccc3o2)c1. The normalized spacial score (nSPS) is 11.5. The third-order valence-corrected chi connectivity index (χ3v) is 5.09. The molecular weight excluding hydrogens is 336 g/mol. The van der Waals surface area contributed by atoms with Gasteiger partial charge < -0.3 is 4.42 Å². The molecular formula is C19H14N2O3S. The van der Waals surface area contributed by atoms with Crippen molar-refractivity contribution in [3.63, 3.8) is 0 Å². The maximum absolute atomic E-state index is 12.6. The highest BCUT2D eigenvalue weighted by molar-refractivity contribution is 7.92. The Hall–Kier alpha value is -3.12. The third kappa shape index (κ3) is 3.12. The lowest BCUT2D eigenvalue weighted by Gasteiger charge is -2.08. The monoisotopic (exact) mass is 350 g/mol. The summed E-state index contributed by atoms with van der Waals surface area (Å²) in [5.41, 5.74) is 2.50. The zero-order valence-electron chi connectivity index (χ0n) is 13.1. The molecule has 0 spiro atoms. The fraction of sp³-hybridized carbons (Fsp3) is 0. The van der Waals surface area contributed by atoms with Gasteiger partial charge in [0.15, 0.2) is 5.58 Å². The van der Waals surface area contributed by atoms with Crippen LogP contribution in [0, 0.1) is 0 Å². The number of para-hydroxylation sites is 3. The molecule has 0 saturated heterocycles. The van der Waals surface area contributed by atoms with Gasteiger partial charge in [-0.2, -0.15) is 0 Å². The second-order valence-electron chi connectivity index (χ2n) is 5.49. The van der Waals surface area contributed by atoms with E-state index in [-0.39, 0.29) is 4.90 Å². The molecule has 4 rings (SSSR count). The Morgan fingerprint density at radius 1 is 0.840 bits per heavy atom. The summed E-state index contributed by atoms with van der Waals surface area (Å²) in [5, 5.41) is 0. The van der Waals surface area contributed by atoms with Gasteiger partial charge in [0.05, 0.1) is 4.90 Å². The Morgan fingerprint density at radius 2 is 1.60 bits per heavy atom. The number of nitrogens with zero attached hydrogens (tertiary/aromatic N) is 1. The minimum atomic E-state index is -3.69. The first kappa shape index (κ1) is 15.4. The van der Waals surface area contributed by atoms with Crippen LogP contribution in [-0.4, -0.2) is 13.4 Å². The largest absolute Gasteiger partial charge is 0.436 e. The van der Waals surface area contributed by atoms with Crippen molar-refractivity contribution in [1.29, 1.82) is 0 Å². The fourth-order valence-electron chi connectivity index (χ4n) is 2.51. The zero-order chi connectivity index (χ0) is 17.3. The molecule has 0 aliphatic carbocycles. The number of oxazole rings is 1. The highest BCUT2D eigenvalue weighted by Crippen LogP contribution is 2.26. The van der Waals surface area contributed by atoms with E-state index < -0.39 is 10.0 Å². The molecule has 25 heavy (non-hydrogen) atoms. The van der Waals surface area contributed by atoms with E-state index in [0.29, 0.717) is 22.7 Å². The average Bonchev–Trinajstić information content (AvgIpc) is 3.07. The zero-order valence-corrected chi connectivity index (χ0v) is 13.9. The molecule has 1 aromatic heterocycles. The third-order valence-electron chi connectivity index (χ3n) is 3.71. The number of anilines is 1. The predicted molar refractivity (Wildman–Crippen MR) is 96.7 cm³/mol. The van der Waals surface area contributed by atoms with Gasteiger partial charge in [0, 0.05) is 11.3 Å². The van der Waals surface area contributed by atoms with Gasteiger partial charge in [0.1, 0.15) is 5.52 Å². The average molecular weight is 350 g/mol. The van der Waals surface area contributed by atoms with Gasteiger partial charge in [-0.3, -0.25) is 4.72 Å². The van der Waals surface area contributed by atoms with E-state index >= 15 is 0 Å². The van der Waals surface area contributed by atoms with Crippen LogP contribution in [-0.2, 0) is 10.0 Å². The molecule has 1 N–H and O–H groups in total. The Labute approximate surface area is 145 Å². The standard InChI is InChI=1S/C19H14N2O3S/c22-25(23,21-15-8-2-1-3-9-15)16-10-6-7-14(13-16)19-20-17-11-4-5-12-18(17)24-19/h1-13,21H. The van der Waals surface area contributed by atoms with Gasteiger partial charge in [-0.05, 0) is 42.5 Å². The number of aromatic nitrogens is 1. The first-order chi connectivity index (χ1) is 12.1. The molecule has 124 valence electrons. The van der Waals surface area contributed by atoms with Crippen molar-refractivity contribution in [3.8, 4) is 11.5 Å². The number of hydrogen-bond acceptors (Lipinski definition) is 4. The number of fused-ring (bicyclic) bond motifs is 1. The second kappa shape index (κ2) is 6.07. The second-order valence-corrected chi connectivity index (χ2v) is 7.17. The number of benzene rings is 3. The minimum Gasteiger partial charge on any atom is -0.436 e. The van der Waals surface area contributed by atoms with Gasteiger partial charge in [-0.1, -0.05) is 36.4 Å². The van der Waals surface area contributed by atoms with Crippen LogP contribution >= 0.6 is 0 Å². The first-order valence-electron chi connectivity index (χ1n) is 7.66. The number of rotatable bonds is 4. The van der Waals surface area contributed by atoms with Crippen LogP contribution in [0.25, 0.3) is 22.6 Å². The van der Waals surface area contributed by atoms with Gasteiger partial charge in [-0.15, -0.1) is 0 Å². The molecule has 0 atom stereocenters. The molecule has 5 nitrogen and oxygen atoms in total. The summed E-state index contributed by atoms with van der Waals surface area (Å²) in [5.74, 6) is 0.387. The molecule has 0 amide bonds. The van der Waals surface area contributed by atoms with E-state index in [2.05, 4.69) is 9.71 Å². The highest BCUT2D eigenvalue weighted by atomic mass is 32.2. The minimum absolute atomic E-state index is 0.149. The van der Waals surface area contributed by atoms with E-state index in [9.17, 15) is 8.42 Å². The smallest absolute Gasteiger partial charge is 0.261 e. The Bertz CT molecular complexity index is 1100. The summed E-state index contributed by atoms with van der Waals surface area (Å²) in [6, 6.07) is 22.7. The molecule has 0 aliphatic heterocycles. The van der Waals surface area contributed by atoms with Crippen LogP contribution in [0.4, 0.5) is 5.69 Å². The molecule has 1 heterocycles. The fourth-order valence-corrected chi connectivity index (χ4v) is 3.62. The molecule has 4 aromatic rings. The molecule has 0 radical (unpaired) electrons. The van der Waals surface area contributed by atoms with Crippen LogP contribution in [0.2, 0.25) is 0 Å². The van der Waals surface area contributed by atoms with Crippen molar-refractivity contribution in [2.24, 2.45) is 0 Å². The van der Waals surface area contributed by atoms with Crippen molar-refractivity contribution in [1.82, 2.24) is 4.98 Å². The van der Waals surface area contributed by atoms with Crippen molar-refractivity contribution >= 4 is 26.8 Å². The van der Waals surface area contributed by atoms with Crippen LogP contribution in [0.5, 0.6) is 0 Å². The van der Waals surface area contributed by atoms with E-state index in [1.807, 2.05) is 30.3 Å². The molecule has 0 saturated carbocycles. The summed E-state index contributed by atoms with van der Waals surface area (Å²) in [6.45, 7) is 0. The Morgan fingerprint density at radius 3 is 2.40 bits per heavy atom. The summed E-state index contributed by atoms with van der Waals surface area (Å²) in [6.07, 6.45) is 0. The molecule has 0 aliphatic rings. The summed E-state index contributed by atoms with van der Waals surface area (Å²) >= 11 is 0. The Kier molecular flexibility index (Phi) is 3.74. The molecule has 0 fully saturated rings. The molecule has 0 unspecified atom stereocenters. The molecule has 3 aromatic carbocycles. The summed E-state index contributed by atoms with van der Waals surface area (Å²) < 4.78 is 33.5. The number of sulfonamides is 1. The van der Waals surface area contributed by atoms with Crippen LogP contribution in [0.1, 0.15) is 0 Å². The topological polar surface area (TPSA) is 72.2 Å². The van der Waals surface area contributed by atoms with Crippen molar-refractivity contribution in [2.45, 2.75) is 4.90 Å². The van der Waals surface area contributed by atoms with Crippen molar-refractivity contribution in [2.75, 3.05) is 4.72 Å². The summed E-state index contributed by atoms with van der Waals surface area (Å²) in [4.78, 5) is 4.56. The van der Waals surface area contributed by atoms with Gasteiger partial charge >= 0.3 is 0 Å². The Balaban J connectivity index is 1.71. The van der Waals surface area contributed by atoms with Crippen LogP contribution in [0.3, 0.4) is 0 Å². The van der Waals surface area contributed by atoms with Crippen molar-refractivity contribution < 1.29 is 12.8 Å². The lowest BCUT2D eigenvalue weighted by Crippen LogP contribution is -2.12. The lowest BCUT2D eigenvalue weighted by atomic mass is 10.2. The highest BCUT2D eigenvalue weighted by Gasteiger charge is 2.16. The quantitative estimate of drug-likeness (QED) is 0.596. The summed E-state index contributed by atoms with van der Waals surface area (Å²) in [7, 11) is -3.69. The van der Waals surface area contributed by atoms with Crippen LogP contribution in [0.15, 0.2) is 88.2 Å².